The van der Waals surface area contributed by atoms with E-state index in [0.29, 0.717) is 5.92 Å². The van der Waals surface area contributed by atoms with Gasteiger partial charge in [-0.1, -0.05) is 42.5 Å². The Morgan fingerprint density at radius 3 is 2.67 bits per heavy atom. The summed E-state index contributed by atoms with van der Waals surface area (Å²) in [6.07, 6.45) is 15.1. The van der Waals surface area contributed by atoms with Crippen LogP contribution >= 0.6 is 0 Å². The Bertz CT molecular complexity index is 305. The molecule has 0 heterocycles. The number of aldehydes is 1. The molecule has 0 bridgehead atoms. The molecular weight excluding hydrogens is 148 g/mol. The van der Waals surface area contributed by atoms with Crippen LogP contribution < -0.4 is 0 Å². The molecule has 0 radical (unpaired) electrons. The van der Waals surface area contributed by atoms with Gasteiger partial charge in [-0.15, -0.1) is 0 Å². The second-order valence-electron chi connectivity index (χ2n) is 3.04. The van der Waals surface area contributed by atoms with Crippen LogP contribution in [-0.4, -0.2) is 6.29 Å². The fraction of sp³-hybridized carbons (Fsp3) is 0.182. The predicted molar refractivity (Wildman–Crippen MR) is 48.5 cm³/mol. The van der Waals surface area contributed by atoms with E-state index in [9.17, 15) is 4.79 Å². The zero-order valence-corrected chi connectivity index (χ0v) is 6.68. The van der Waals surface area contributed by atoms with Gasteiger partial charge in [0.2, 0.25) is 0 Å². The normalized spacial score (nSPS) is 31.2. The highest BCUT2D eigenvalue weighted by Crippen LogP contribution is 2.29. The van der Waals surface area contributed by atoms with Crippen molar-refractivity contribution in [3.05, 3.63) is 48.1 Å². The molecule has 0 aromatic heterocycles. The Morgan fingerprint density at radius 2 is 1.83 bits per heavy atom. The van der Waals surface area contributed by atoms with Crippen LogP contribution in [0.15, 0.2) is 48.1 Å². The molecule has 2 aliphatic rings. The molecule has 0 amide bonds. The highest BCUT2D eigenvalue weighted by atomic mass is 16.1. The molecule has 1 heteroatoms. The van der Waals surface area contributed by atoms with Gasteiger partial charge in [-0.05, 0) is 5.57 Å². The fourth-order valence-corrected chi connectivity index (χ4v) is 1.67. The van der Waals surface area contributed by atoms with Crippen LogP contribution in [0, 0.1) is 11.8 Å². The fourth-order valence-electron chi connectivity index (χ4n) is 1.67. The number of carbonyl (C=O) groups is 1. The quantitative estimate of drug-likeness (QED) is 0.534. The molecular formula is C11H10O. The summed E-state index contributed by atoms with van der Waals surface area (Å²) < 4.78 is 0. The van der Waals surface area contributed by atoms with Gasteiger partial charge in [-0.3, -0.25) is 4.79 Å². The van der Waals surface area contributed by atoms with Crippen molar-refractivity contribution in [2.45, 2.75) is 0 Å². The highest BCUT2D eigenvalue weighted by Gasteiger charge is 2.21. The van der Waals surface area contributed by atoms with E-state index in [2.05, 4.69) is 18.2 Å². The molecule has 2 atom stereocenters. The van der Waals surface area contributed by atoms with Crippen LogP contribution in [0.25, 0.3) is 0 Å². The number of rotatable bonds is 1. The van der Waals surface area contributed by atoms with Crippen LogP contribution in [0.4, 0.5) is 0 Å². The van der Waals surface area contributed by atoms with Crippen molar-refractivity contribution in [3.63, 3.8) is 0 Å². The minimum absolute atomic E-state index is 0.275. The first kappa shape index (κ1) is 7.29. The topological polar surface area (TPSA) is 17.1 Å². The summed E-state index contributed by atoms with van der Waals surface area (Å²) in [5.74, 6) is 0.665. The van der Waals surface area contributed by atoms with Crippen molar-refractivity contribution in [2.75, 3.05) is 0 Å². The monoisotopic (exact) mass is 158 g/mol. The number of carbonyl (C=O) groups excluding carboxylic acids is 1. The van der Waals surface area contributed by atoms with Crippen LogP contribution in [0.3, 0.4) is 0 Å². The molecule has 0 N–H and O–H groups in total. The first-order valence-corrected chi connectivity index (χ1v) is 4.10. The van der Waals surface area contributed by atoms with Crippen LogP contribution in [0.5, 0.6) is 0 Å². The molecule has 0 aromatic rings. The lowest BCUT2D eigenvalue weighted by molar-refractivity contribution is -0.105. The minimum atomic E-state index is 0.275. The van der Waals surface area contributed by atoms with Crippen molar-refractivity contribution in [3.8, 4) is 0 Å². The molecule has 0 saturated heterocycles. The van der Waals surface area contributed by atoms with Gasteiger partial charge in [0, 0.05) is 11.8 Å². The second-order valence-corrected chi connectivity index (χ2v) is 3.04. The van der Waals surface area contributed by atoms with Gasteiger partial charge in [-0.25, -0.2) is 0 Å². The summed E-state index contributed by atoms with van der Waals surface area (Å²) in [6, 6.07) is 0. The summed E-state index contributed by atoms with van der Waals surface area (Å²) >= 11 is 0. The maximum absolute atomic E-state index is 10.7. The van der Waals surface area contributed by atoms with Gasteiger partial charge >= 0.3 is 0 Å². The highest BCUT2D eigenvalue weighted by molar-refractivity contribution is 5.76. The Kier molecular flexibility index (Phi) is 1.78. The molecule has 0 aliphatic heterocycles. The second kappa shape index (κ2) is 2.94. The molecule has 2 aliphatic carbocycles. The van der Waals surface area contributed by atoms with Gasteiger partial charge in [0.25, 0.3) is 0 Å². The van der Waals surface area contributed by atoms with E-state index in [1.807, 2.05) is 24.3 Å². The third-order valence-electron chi connectivity index (χ3n) is 2.32. The molecule has 12 heavy (non-hydrogen) atoms. The van der Waals surface area contributed by atoms with Gasteiger partial charge in [0.1, 0.15) is 6.29 Å². The van der Waals surface area contributed by atoms with Crippen LogP contribution in [-0.2, 0) is 4.79 Å². The van der Waals surface area contributed by atoms with E-state index in [1.54, 1.807) is 0 Å². The third kappa shape index (κ3) is 1.07. The summed E-state index contributed by atoms with van der Waals surface area (Å²) in [4.78, 5) is 10.7. The zero-order chi connectivity index (χ0) is 8.39. The SMILES string of the molecule is O=CC1=CC=CC2C=CC=CC12. The third-order valence-corrected chi connectivity index (χ3v) is 2.32. The average molecular weight is 158 g/mol. The Morgan fingerprint density at radius 1 is 1.08 bits per heavy atom. The van der Waals surface area contributed by atoms with Crippen LogP contribution in [0.2, 0.25) is 0 Å². The molecule has 0 aromatic carbocycles. The number of hydrogen-bond donors (Lipinski definition) is 0. The van der Waals surface area contributed by atoms with Crippen molar-refractivity contribution in [1.82, 2.24) is 0 Å². The molecule has 1 nitrogen and oxygen atoms in total. The standard InChI is InChI=1S/C11H10O/c12-8-10-6-3-5-9-4-1-2-7-11(9)10/h1-9,11H. The zero-order valence-electron chi connectivity index (χ0n) is 6.68. The van der Waals surface area contributed by atoms with E-state index < -0.39 is 0 Å². The van der Waals surface area contributed by atoms with Gasteiger partial charge in [-0.2, -0.15) is 0 Å². The summed E-state index contributed by atoms with van der Waals surface area (Å²) in [6.45, 7) is 0. The lowest BCUT2D eigenvalue weighted by Crippen LogP contribution is -2.16. The molecule has 60 valence electrons. The molecule has 0 spiro atoms. The number of allylic oxidation sites excluding steroid dienone is 8. The van der Waals surface area contributed by atoms with E-state index in [-0.39, 0.29) is 5.92 Å². The van der Waals surface area contributed by atoms with Gasteiger partial charge in [0.05, 0.1) is 0 Å². The van der Waals surface area contributed by atoms with E-state index in [4.69, 9.17) is 0 Å². The Balaban J connectivity index is 2.34. The number of hydrogen-bond acceptors (Lipinski definition) is 1. The molecule has 2 rings (SSSR count). The Hall–Kier alpha value is -1.37. The van der Waals surface area contributed by atoms with Crippen molar-refractivity contribution in [2.24, 2.45) is 11.8 Å². The molecule has 0 fully saturated rings. The van der Waals surface area contributed by atoms with Gasteiger partial charge in [0.15, 0.2) is 0 Å². The van der Waals surface area contributed by atoms with Gasteiger partial charge < -0.3 is 0 Å². The largest absolute Gasteiger partial charge is 0.298 e. The van der Waals surface area contributed by atoms with Crippen molar-refractivity contribution >= 4 is 6.29 Å². The predicted octanol–water partition coefficient (Wildman–Crippen LogP) is 2.04. The Labute approximate surface area is 71.8 Å². The molecule has 2 unspecified atom stereocenters. The van der Waals surface area contributed by atoms with E-state index in [0.717, 1.165) is 11.9 Å². The van der Waals surface area contributed by atoms with E-state index in [1.165, 1.54) is 0 Å². The average Bonchev–Trinajstić information content (AvgIpc) is 2.17. The van der Waals surface area contributed by atoms with Crippen molar-refractivity contribution < 1.29 is 4.79 Å². The smallest absolute Gasteiger partial charge is 0.146 e. The lowest BCUT2D eigenvalue weighted by Gasteiger charge is -2.23. The molecule has 0 saturated carbocycles. The minimum Gasteiger partial charge on any atom is -0.298 e. The number of fused-ring (bicyclic) bond motifs is 1. The summed E-state index contributed by atoms with van der Waals surface area (Å²) in [5, 5.41) is 0. The van der Waals surface area contributed by atoms with Crippen molar-refractivity contribution in [1.29, 1.82) is 0 Å². The van der Waals surface area contributed by atoms with Crippen LogP contribution in [0.1, 0.15) is 0 Å². The summed E-state index contributed by atoms with van der Waals surface area (Å²) in [7, 11) is 0. The first-order valence-electron chi connectivity index (χ1n) is 4.10. The lowest BCUT2D eigenvalue weighted by atomic mass is 9.80. The maximum atomic E-state index is 10.7. The first-order chi connectivity index (χ1) is 5.92. The maximum Gasteiger partial charge on any atom is 0.146 e. The van der Waals surface area contributed by atoms with E-state index >= 15 is 0 Å². The summed E-state index contributed by atoms with van der Waals surface area (Å²) in [5.41, 5.74) is 0.878.